The van der Waals surface area contributed by atoms with Crippen LogP contribution < -0.4 is 0 Å². The van der Waals surface area contributed by atoms with Gasteiger partial charge in [0.1, 0.15) is 0 Å². The van der Waals surface area contributed by atoms with Crippen LogP contribution in [0.25, 0.3) is 140 Å². The fourth-order valence-corrected chi connectivity index (χ4v) is 11.3. The van der Waals surface area contributed by atoms with Gasteiger partial charge in [-0.3, -0.25) is 0 Å². The standard InChI is InChI=1S/C75H50N4/c1-8-24-51(25-9-1)54-42-44-59(45-43-54)73-76-74(62-47-60(52-26-10-2-11-27-52)46-61(48-62)53-28-12-3-13-29-53)78-75(77-73)63-49-68(57-34-18-6-19-35-57)72(69(50-63)58-36-20-7-21-37-58)79-70-64(55-30-14-4-15-31-55)38-22-40-66(70)67-41-23-39-65(71(67)79)56-32-16-5-17-33-56/h1-50H. The van der Waals surface area contributed by atoms with Gasteiger partial charge in [0, 0.05) is 49.7 Å². The summed E-state index contributed by atoms with van der Waals surface area (Å²) in [6.07, 6.45) is 0. The zero-order valence-electron chi connectivity index (χ0n) is 43.2. The Morgan fingerprint density at radius 1 is 0.190 bits per heavy atom. The van der Waals surface area contributed by atoms with Crippen molar-refractivity contribution in [1.82, 2.24) is 19.5 Å². The predicted molar refractivity (Wildman–Crippen MR) is 329 cm³/mol. The molecule has 0 fully saturated rings. The van der Waals surface area contributed by atoms with E-state index in [1.807, 2.05) is 6.07 Å². The lowest BCUT2D eigenvalue weighted by Gasteiger charge is -2.23. The van der Waals surface area contributed by atoms with Gasteiger partial charge in [-0.15, -0.1) is 0 Å². The lowest BCUT2D eigenvalue weighted by molar-refractivity contribution is 1.07. The van der Waals surface area contributed by atoms with Crippen molar-refractivity contribution in [2.45, 2.75) is 0 Å². The van der Waals surface area contributed by atoms with E-state index in [9.17, 15) is 0 Å². The van der Waals surface area contributed by atoms with E-state index >= 15 is 0 Å². The van der Waals surface area contributed by atoms with Crippen LogP contribution in [0.2, 0.25) is 0 Å². The summed E-state index contributed by atoms with van der Waals surface area (Å²) in [6.45, 7) is 0. The molecule has 0 radical (unpaired) electrons. The molecule has 0 bridgehead atoms. The topological polar surface area (TPSA) is 43.6 Å². The van der Waals surface area contributed by atoms with E-state index < -0.39 is 0 Å². The van der Waals surface area contributed by atoms with Gasteiger partial charge in [0.15, 0.2) is 17.5 Å². The summed E-state index contributed by atoms with van der Waals surface area (Å²) < 4.78 is 2.56. The fraction of sp³-hybridized carbons (Fsp3) is 0. The molecule has 0 spiro atoms. The van der Waals surface area contributed by atoms with Crippen LogP contribution in [-0.2, 0) is 0 Å². The summed E-state index contributed by atoms with van der Waals surface area (Å²) >= 11 is 0. The van der Waals surface area contributed by atoms with Gasteiger partial charge in [0.05, 0.1) is 16.7 Å². The Hall–Kier alpha value is -10.6. The van der Waals surface area contributed by atoms with Crippen molar-refractivity contribution >= 4 is 21.8 Å². The van der Waals surface area contributed by atoms with Crippen LogP contribution in [0.3, 0.4) is 0 Å². The van der Waals surface area contributed by atoms with E-state index in [1.54, 1.807) is 0 Å². The molecule has 0 saturated heterocycles. The van der Waals surface area contributed by atoms with Crippen molar-refractivity contribution in [3.8, 4) is 118 Å². The number of fused-ring (bicyclic) bond motifs is 3. The van der Waals surface area contributed by atoms with Gasteiger partial charge in [-0.05, 0) is 86.0 Å². The number of rotatable bonds is 11. The minimum atomic E-state index is 0.566. The molecule has 0 N–H and O–H groups in total. The molecule has 14 aromatic rings. The first kappa shape index (κ1) is 46.9. The highest BCUT2D eigenvalue weighted by molar-refractivity contribution is 6.18. The first-order valence-corrected chi connectivity index (χ1v) is 26.8. The molecule has 4 heteroatoms. The average Bonchev–Trinajstić information content (AvgIpc) is 3.99. The zero-order chi connectivity index (χ0) is 52.5. The average molecular weight is 1010 g/mol. The Balaban J connectivity index is 1.08. The molecule has 4 nitrogen and oxygen atoms in total. The molecule has 0 atom stereocenters. The molecule has 2 aromatic heterocycles. The quantitative estimate of drug-likeness (QED) is 0.130. The number of aromatic nitrogens is 4. The molecule has 0 unspecified atom stereocenters. The van der Waals surface area contributed by atoms with Gasteiger partial charge in [0.25, 0.3) is 0 Å². The van der Waals surface area contributed by atoms with Crippen molar-refractivity contribution in [1.29, 1.82) is 0 Å². The molecular formula is C75H50N4. The van der Waals surface area contributed by atoms with Gasteiger partial charge in [0.2, 0.25) is 0 Å². The first-order chi connectivity index (χ1) is 39.2. The molecule has 0 aliphatic heterocycles. The second-order valence-corrected chi connectivity index (χ2v) is 19.9. The molecule has 0 aliphatic carbocycles. The van der Waals surface area contributed by atoms with Crippen LogP contribution >= 0.6 is 0 Å². The van der Waals surface area contributed by atoms with Crippen LogP contribution in [0.5, 0.6) is 0 Å². The van der Waals surface area contributed by atoms with Gasteiger partial charge >= 0.3 is 0 Å². The van der Waals surface area contributed by atoms with Crippen LogP contribution in [0.1, 0.15) is 0 Å². The number of hydrogen-bond donors (Lipinski definition) is 0. The number of benzene rings is 12. The van der Waals surface area contributed by atoms with Crippen LogP contribution in [0, 0.1) is 0 Å². The van der Waals surface area contributed by atoms with Crippen LogP contribution in [0.4, 0.5) is 0 Å². The summed E-state index contributed by atoms with van der Waals surface area (Å²) in [5, 5.41) is 2.35. The molecule has 0 aliphatic rings. The van der Waals surface area contributed by atoms with Crippen molar-refractivity contribution in [3.05, 3.63) is 303 Å². The summed E-state index contributed by atoms with van der Waals surface area (Å²) in [5.41, 5.74) is 21.4. The van der Waals surface area contributed by atoms with Crippen LogP contribution in [-0.4, -0.2) is 19.5 Å². The summed E-state index contributed by atoms with van der Waals surface area (Å²) in [4.78, 5) is 16.5. The third kappa shape index (κ3) is 8.97. The third-order valence-electron chi connectivity index (χ3n) is 15.0. The minimum Gasteiger partial charge on any atom is -0.307 e. The highest BCUT2D eigenvalue weighted by Gasteiger charge is 2.26. The summed E-state index contributed by atoms with van der Waals surface area (Å²) in [7, 11) is 0. The fourth-order valence-electron chi connectivity index (χ4n) is 11.3. The Morgan fingerprint density at radius 2 is 0.468 bits per heavy atom. The van der Waals surface area contributed by atoms with Crippen molar-refractivity contribution in [2.24, 2.45) is 0 Å². The second-order valence-electron chi connectivity index (χ2n) is 19.9. The first-order valence-electron chi connectivity index (χ1n) is 26.8. The van der Waals surface area contributed by atoms with Crippen molar-refractivity contribution in [2.75, 3.05) is 0 Å². The highest BCUT2D eigenvalue weighted by atomic mass is 15.0. The number of nitrogens with zero attached hydrogens (tertiary/aromatic N) is 4. The smallest absolute Gasteiger partial charge is 0.164 e. The summed E-state index contributed by atoms with van der Waals surface area (Å²) in [5.74, 6) is 1.73. The Labute approximate surface area is 460 Å². The van der Waals surface area contributed by atoms with Gasteiger partial charge < -0.3 is 4.57 Å². The SMILES string of the molecule is c1ccc(-c2ccc(-c3nc(-c4cc(-c5ccccc5)cc(-c5ccccc5)c4)nc(-c4cc(-c5ccccc5)c(-n5c6c(-c7ccccc7)cccc6c6cccc(-c7ccccc7)c65)c(-c5ccccc5)c4)n3)cc2)cc1. The largest absolute Gasteiger partial charge is 0.307 e. The van der Waals surface area contributed by atoms with E-state index in [4.69, 9.17) is 15.0 Å². The zero-order valence-corrected chi connectivity index (χ0v) is 43.2. The van der Waals surface area contributed by atoms with E-state index in [0.29, 0.717) is 17.5 Å². The van der Waals surface area contributed by atoms with E-state index in [2.05, 4.69) is 302 Å². The normalized spacial score (nSPS) is 11.3. The van der Waals surface area contributed by atoms with Gasteiger partial charge in [-0.2, -0.15) is 0 Å². The molecule has 79 heavy (non-hydrogen) atoms. The lowest BCUT2D eigenvalue weighted by Crippen LogP contribution is -2.05. The van der Waals surface area contributed by atoms with E-state index in [-0.39, 0.29) is 0 Å². The molecular weight excluding hydrogens is 957 g/mol. The highest BCUT2D eigenvalue weighted by Crippen LogP contribution is 2.48. The van der Waals surface area contributed by atoms with E-state index in [1.165, 1.54) is 10.8 Å². The van der Waals surface area contributed by atoms with Gasteiger partial charge in [-0.1, -0.05) is 273 Å². The third-order valence-corrected chi connectivity index (χ3v) is 15.0. The molecule has 0 amide bonds. The maximum Gasteiger partial charge on any atom is 0.164 e. The maximum absolute atomic E-state index is 5.57. The second kappa shape index (κ2) is 20.5. The van der Waals surface area contributed by atoms with Gasteiger partial charge in [-0.25, -0.2) is 15.0 Å². The Morgan fingerprint density at radius 3 is 0.848 bits per heavy atom. The molecule has 12 aromatic carbocycles. The van der Waals surface area contributed by atoms with Crippen LogP contribution in [0.15, 0.2) is 303 Å². The number of para-hydroxylation sites is 2. The Bertz CT molecular complexity index is 4250. The van der Waals surface area contributed by atoms with Crippen molar-refractivity contribution < 1.29 is 0 Å². The monoisotopic (exact) mass is 1010 g/mol. The lowest BCUT2D eigenvalue weighted by atomic mass is 9.92. The molecule has 2 heterocycles. The minimum absolute atomic E-state index is 0.566. The predicted octanol–water partition coefficient (Wildman–Crippen LogP) is 19.6. The maximum atomic E-state index is 5.57. The summed E-state index contributed by atoms with van der Waals surface area (Å²) in [6, 6.07) is 108. The Kier molecular flexibility index (Phi) is 12.2. The van der Waals surface area contributed by atoms with Crippen molar-refractivity contribution in [3.63, 3.8) is 0 Å². The molecule has 0 saturated carbocycles. The van der Waals surface area contributed by atoms with E-state index in [0.717, 1.165) is 111 Å². The molecule has 370 valence electrons. The molecule has 14 rings (SSSR count). The number of hydrogen-bond acceptors (Lipinski definition) is 3.